The monoisotopic (exact) mass is 469 g/mol. The Balaban J connectivity index is 1.49. The van der Waals surface area contributed by atoms with E-state index < -0.39 is 17.8 Å². The molecule has 0 aromatic heterocycles. The lowest BCUT2D eigenvalue weighted by molar-refractivity contribution is -0.120. The maximum absolute atomic E-state index is 12.2. The van der Waals surface area contributed by atoms with Crippen LogP contribution in [-0.4, -0.2) is 30.5 Å². The number of nitrogens with zero attached hydrogens (tertiary/aromatic N) is 1. The minimum atomic E-state index is -0.527. The van der Waals surface area contributed by atoms with Crippen molar-refractivity contribution in [3.63, 3.8) is 0 Å². The largest absolute Gasteiger partial charge is 0.423 e. The van der Waals surface area contributed by atoms with Crippen molar-refractivity contribution in [2.45, 2.75) is 0 Å². The molecule has 0 bridgehead atoms. The SMILES string of the molecule is O=C(CNC(=O)c1ccc(Cl)cc1)N/N=C\c1cccc(OC(=O)c2ccc(Cl)cc2)c1. The molecular weight excluding hydrogens is 453 g/mol. The molecule has 0 fully saturated rings. The van der Waals surface area contributed by atoms with E-state index in [1.165, 1.54) is 6.21 Å². The number of carbonyl (C=O) groups is 3. The van der Waals surface area contributed by atoms with Crippen LogP contribution in [0.5, 0.6) is 5.75 Å². The third-order valence-electron chi connectivity index (χ3n) is 4.07. The van der Waals surface area contributed by atoms with Crippen molar-refractivity contribution < 1.29 is 19.1 Å². The lowest BCUT2D eigenvalue weighted by Crippen LogP contribution is -2.34. The van der Waals surface area contributed by atoms with Gasteiger partial charge in [-0.25, -0.2) is 10.2 Å². The van der Waals surface area contributed by atoms with E-state index >= 15 is 0 Å². The zero-order valence-corrected chi connectivity index (χ0v) is 18.1. The first-order chi connectivity index (χ1) is 15.4. The Hall–Kier alpha value is -3.68. The highest BCUT2D eigenvalue weighted by Crippen LogP contribution is 2.16. The molecule has 0 saturated carbocycles. The summed E-state index contributed by atoms with van der Waals surface area (Å²) in [5, 5.41) is 7.36. The molecule has 2 N–H and O–H groups in total. The molecule has 7 nitrogen and oxygen atoms in total. The first-order valence-corrected chi connectivity index (χ1v) is 10.1. The number of rotatable bonds is 7. The number of nitrogens with one attached hydrogen (secondary N) is 2. The molecular formula is C23H17Cl2N3O4. The van der Waals surface area contributed by atoms with E-state index in [-0.39, 0.29) is 6.54 Å². The number of hydrogen-bond donors (Lipinski definition) is 2. The Labute approximate surface area is 194 Å². The average Bonchev–Trinajstić information content (AvgIpc) is 2.78. The van der Waals surface area contributed by atoms with Crippen LogP contribution in [0.2, 0.25) is 10.0 Å². The molecule has 3 rings (SSSR count). The number of hydrazone groups is 1. The van der Waals surface area contributed by atoms with Crippen LogP contribution < -0.4 is 15.5 Å². The number of esters is 1. The van der Waals surface area contributed by atoms with Crippen LogP contribution in [0.3, 0.4) is 0 Å². The second-order valence-electron chi connectivity index (χ2n) is 6.45. The number of amides is 2. The maximum Gasteiger partial charge on any atom is 0.343 e. The van der Waals surface area contributed by atoms with Gasteiger partial charge in [0, 0.05) is 15.6 Å². The second kappa shape index (κ2) is 11.1. The second-order valence-corrected chi connectivity index (χ2v) is 7.32. The molecule has 3 aromatic rings. The normalized spacial score (nSPS) is 10.6. The highest BCUT2D eigenvalue weighted by molar-refractivity contribution is 6.31. The molecule has 0 saturated heterocycles. The zero-order valence-electron chi connectivity index (χ0n) is 16.5. The van der Waals surface area contributed by atoms with Crippen molar-refractivity contribution in [3.05, 3.63) is 99.5 Å². The number of hydrogen-bond acceptors (Lipinski definition) is 5. The standard InChI is InChI=1S/C23H17Cl2N3O4/c24-18-8-4-16(5-9-18)22(30)26-14-21(29)28-27-13-15-2-1-3-20(12-15)32-23(31)17-6-10-19(25)11-7-17/h1-13H,14H2,(H,26,30)(H,28,29)/b27-13-. The Morgan fingerprint density at radius 1 is 0.875 bits per heavy atom. The zero-order chi connectivity index (χ0) is 22.9. The summed E-state index contributed by atoms with van der Waals surface area (Å²) in [7, 11) is 0. The van der Waals surface area contributed by atoms with Gasteiger partial charge in [0.2, 0.25) is 0 Å². The molecule has 0 aliphatic carbocycles. The highest BCUT2D eigenvalue weighted by atomic mass is 35.5. The van der Waals surface area contributed by atoms with Crippen molar-refractivity contribution in [1.82, 2.24) is 10.7 Å². The molecule has 0 aliphatic rings. The van der Waals surface area contributed by atoms with E-state index in [2.05, 4.69) is 15.8 Å². The van der Waals surface area contributed by atoms with Gasteiger partial charge in [0.05, 0.1) is 18.3 Å². The lowest BCUT2D eigenvalue weighted by Gasteiger charge is -2.05. The van der Waals surface area contributed by atoms with Gasteiger partial charge >= 0.3 is 5.97 Å². The van der Waals surface area contributed by atoms with Crippen LogP contribution in [-0.2, 0) is 4.79 Å². The first-order valence-electron chi connectivity index (χ1n) is 9.34. The fourth-order valence-corrected chi connectivity index (χ4v) is 2.74. The van der Waals surface area contributed by atoms with Gasteiger partial charge in [-0.3, -0.25) is 9.59 Å². The van der Waals surface area contributed by atoms with Gasteiger partial charge in [0.1, 0.15) is 5.75 Å². The molecule has 3 aromatic carbocycles. The van der Waals surface area contributed by atoms with Crippen LogP contribution in [0.15, 0.2) is 77.9 Å². The summed E-state index contributed by atoms with van der Waals surface area (Å²) in [6.07, 6.45) is 1.39. The van der Waals surface area contributed by atoms with Gasteiger partial charge in [-0.1, -0.05) is 35.3 Å². The van der Waals surface area contributed by atoms with Gasteiger partial charge in [-0.15, -0.1) is 0 Å². The summed E-state index contributed by atoms with van der Waals surface area (Å²) >= 11 is 11.6. The fourth-order valence-electron chi connectivity index (χ4n) is 2.49. The fraction of sp³-hybridized carbons (Fsp3) is 0.0435. The van der Waals surface area contributed by atoms with Crippen LogP contribution >= 0.6 is 23.2 Å². The third-order valence-corrected chi connectivity index (χ3v) is 4.57. The smallest absolute Gasteiger partial charge is 0.343 e. The average molecular weight is 470 g/mol. The number of ether oxygens (including phenoxy) is 1. The van der Waals surface area contributed by atoms with Crippen molar-refractivity contribution in [3.8, 4) is 5.75 Å². The van der Waals surface area contributed by atoms with Gasteiger partial charge in [-0.2, -0.15) is 5.10 Å². The van der Waals surface area contributed by atoms with Crippen LogP contribution in [0, 0.1) is 0 Å². The van der Waals surface area contributed by atoms with Gasteiger partial charge in [0.15, 0.2) is 0 Å². The predicted molar refractivity (Wildman–Crippen MR) is 122 cm³/mol. The van der Waals surface area contributed by atoms with Crippen LogP contribution in [0.1, 0.15) is 26.3 Å². The van der Waals surface area contributed by atoms with Gasteiger partial charge in [-0.05, 0) is 66.2 Å². The molecule has 9 heteroatoms. The molecule has 0 heterocycles. The highest BCUT2D eigenvalue weighted by Gasteiger charge is 2.09. The number of halogens is 2. The molecule has 0 spiro atoms. The van der Waals surface area contributed by atoms with E-state index in [0.29, 0.717) is 32.5 Å². The minimum absolute atomic E-state index is 0.252. The topological polar surface area (TPSA) is 96.9 Å². The van der Waals surface area contributed by atoms with Crippen LogP contribution in [0.25, 0.3) is 0 Å². The molecule has 0 unspecified atom stereocenters. The molecule has 162 valence electrons. The van der Waals surface area contributed by atoms with E-state index in [9.17, 15) is 14.4 Å². The van der Waals surface area contributed by atoms with Crippen LogP contribution in [0.4, 0.5) is 0 Å². The summed E-state index contributed by atoms with van der Waals surface area (Å²) < 4.78 is 5.34. The predicted octanol–water partition coefficient (Wildman–Crippen LogP) is 4.09. The molecule has 0 radical (unpaired) electrons. The van der Waals surface area contributed by atoms with Crippen molar-refractivity contribution in [2.75, 3.05) is 6.54 Å². The summed E-state index contributed by atoms with van der Waals surface area (Å²) in [5.74, 6) is -1.12. The Morgan fingerprint density at radius 2 is 1.50 bits per heavy atom. The molecule has 0 atom stereocenters. The van der Waals surface area contributed by atoms with E-state index in [4.69, 9.17) is 27.9 Å². The lowest BCUT2D eigenvalue weighted by atomic mass is 10.2. The molecule has 32 heavy (non-hydrogen) atoms. The van der Waals surface area contributed by atoms with Crippen molar-refractivity contribution in [2.24, 2.45) is 5.10 Å². The van der Waals surface area contributed by atoms with E-state index in [1.807, 2.05) is 0 Å². The maximum atomic E-state index is 12.2. The molecule has 0 aliphatic heterocycles. The van der Waals surface area contributed by atoms with Crippen molar-refractivity contribution in [1.29, 1.82) is 0 Å². The summed E-state index contributed by atoms with van der Waals surface area (Å²) in [6.45, 7) is -0.252. The Bertz CT molecular complexity index is 1150. The summed E-state index contributed by atoms with van der Waals surface area (Å²) in [6, 6.07) is 19.2. The van der Waals surface area contributed by atoms with Crippen molar-refractivity contribution >= 4 is 47.2 Å². The summed E-state index contributed by atoms with van der Waals surface area (Å²) in [4.78, 5) is 36.0. The van der Waals surface area contributed by atoms with E-state index in [1.54, 1.807) is 72.8 Å². The molecule has 2 amide bonds. The van der Waals surface area contributed by atoms with E-state index in [0.717, 1.165) is 0 Å². The minimum Gasteiger partial charge on any atom is -0.423 e. The number of benzene rings is 3. The Kier molecular flexibility index (Phi) is 7.96. The summed E-state index contributed by atoms with van der Waals surface area (Å²) in [5.41, 5.74) is 3.65. The quantitative estimate of drug-likeness (QED) is 0.235. The van der Waals surface area contributed by atoms with Gasteiger partial charge in [0.25, 0.3) is 11.8 Å². The third kappa shape index (κ3) is 6.94. The Morgan fingerprint density at radius 3 is 2.16 bits per heavy atom. The van der Waals surface area contributed by atoms with Gasteiger partial charge < -0.3 is 10.1 Å². The first kappa shape index (κ1) is 23.0. The number of carbonyl (C=O) groups excluding carboxylic acids is 3.